The highest BCUT2D eigenvalue weighted by molar-refractivity contribution is 5.96. The van der Waals surface area contributed by atoms with Gasteiger partial charge in [-0.3, -0.25) is 4.79 Å². The Labute approximate surface area is 196 Å². The van der Waals surface area contributed by atoms with Crippen molar-refractivity contribution >= 4 is 11.6 Å². The van der Waals surface area contributed by atoms with Crippen LogP contribution in [-0.2, 0) is 16.1 Å². The van der Waals surface area contributed by atoms with Crippen LogP contribution in [0, 0.1) is 28.6 Å². The number of nitrogens with zero attached hydrogens (tertiary/aromatic N) is 2. The van der Waals surface area contributed by atoms with Gasteiger partial charge >= 0.3 is 0 Å². The Morgan fingerprint density at radius 2 is 2.12 bits per heavy atom. The molecule has 0 unspecified atom stereocenters. The number of hydrogen-bond acceptors (Lipinski definition) is 5. The summed E-state index contributed by atoms with van der Waals surface area (Å²) in [5.74, 6) is 1.97. The highest BCUT2D eigenvalue weighted by Crippen LogP contribution is 2.65. The molecule has 3 N–H and O–H groups in total. The summed E-state index contributed by atoms with van der Waals surface area (Å²) < 4.78 is 0. The van der Waals surface area contributed by atoms with Crippen molar-refractivity contribution in [2.75, 3.05) is 13.2 Å². The number of imidazole rings is 1. The summed E-state index contributed by atoms with van der Waals surface area (Å²) in [4.78, 5) is 24.4. The first-order chi connectivity index (χ1) is 15.9. The summed E-state index contributed by atoms with van der Waals surface area (Å²) in [6.45, 7) is 5.30. The molecule has 5 rings (SSSR count). The number of rotatable bonds is 6. The molecule has 4 aliphatic rings. The lowest BCUT2D eigenvalue weighted by Gasteiger charge is -2.57. The molecular weight excluding hydrogens is 416 g/mol. The number of aromatic nitrogens is 2. The van der Waals surface area contributed by atoms with Crippen molar-refractivity contribution in [3.63, 3.8) is 0 Å². The van der Waals surface area contributed by atoms with Crippen molar-refractivity contribution in [1.29, 1.82) is 0 Å². The monoisotopic (exact) mass is 454 g/mol. The number of carbonyl (C=O) groups excluding carboxylic acids is 1. The number of carbonyl (C=O) groups is 1. The van der Waals surface area contributed by atoms with E-state index in [1.807, 2.05) is 0 Å². The fourth-order valence-corrected chi connectivity index (χ4v) is 7.60. The van der Waals surface area contributed by atoms with Crippen LogP contribution in [0.15, 0.2) is 29.3 Å². The van der Waals surface area contributed by atoms with Gasteiger partial charge in [0.15, 0.2) is 6.61 Å². The number of aliphatic hydroxyl groups excluding tert-OH is 1. The van der Waals surface area contributed by atoms with Crippen LogP contribution in [0.4, 0.5) is 0 Å². The maximum Gasteiger partial charge on any atom is 0.260 e. The molecule has 3 saturated carbocycles. The van der Waals surface area contributed by atoms with Crippen LogP contribution in [0.3, 0.4) is 0 Å². The molecule has 4 aliphatic carbocycles. The van der Waals surface area contributed by atoms with Gasteiger partial charge in [0.1, 0.15) is 0 Å². The Morgan fingerprint density at radius 1 is 1.24 bits per heavy atom. The summed E-state index contributed by atoms with van der Waals surface area (Å²) in [7, 11) is 0. The smallest absolute Gasteiger partial charge is 0.260 e. The minimum Gasteiger partial charge on any atom is -0.393 e. The highest BCUT2D eigenvalue weighted by atomic mass is 16.6. The van der Waals surface area contributed by atoms with Crippen molar-refractivity contribution in [2.45, 2.75) is 77.7 Å². The van der Waals surface area contributed by atoms with Crippen molar-refractivity contribution in [2.24, 2.45) is 33.7 Å². The lowest BCUT2D eigenvalue weighted by atomic mass is 9.47. The molecule has 6 atom stereocenters. The zero-order chi connectivity index (χ0) is 23.1. The van der Waals surface area contributed by atoms with Crippen LogP contribution < -0.4 is 5.32 Å². The Bertz CT molecular complexity index is 926. The van der Waals surface area contributed by atoms with Crippen molar-refractivity contribution < 1.29 is 14.7 Å². The summed E-state index contributed by atoms with van der Waals surface area (Å²) in [6.07, 6.45) is 15.2. The molecule has 1 heterocycles. The molecule has 0 aromatic carbocycles. The normalized spacial score (nSPS) is 38.8. The largest absolute Gasteiger partial charge is 0.393 e. The molecule has 1 aromatic rings. The first kappa shape index (κ1) is 22.6. The molecule has 0 bridgehead atoms. The van der Waals surface area contributed by atoms with Gasteiger partial charge in [0.2, 0.25) is 0 Å². The van der Waals surface area contributed by atoms with Gasteiger partial charge in [0, 0.05) is 24.9 Å². The fraction of sp³-hybridized carbons (Fsp3) is 0.731. The third-order valence-corrected chi connectivity index (χ3v) is 9.58. The number of H-pyrrole nitrogens is 1. The number of allylic oxidation sites excluding steroid dienone is 2. The lowest BCUT2D eigenvalue weighted by molar-refractivity contribution is -0.125. The molecule has 180 valence electrons. The first-order valence-corrected chi connectivity index (χ1v) is 12.7. The second-order valence-corrected chi connectivity index (χ2v) is 11.2. The SMILES string of the molecule is C[C@]12CC[C@H]3[C@@H](CCC4=C/C(=N/OCC(=O)NCCc5cnc[nH]5)CC[C@@]43C)[C@@H]1CC[C@H]2O. The van der Waals surface area contributed by atoms with E-state index in [4.69, 9.17) is 4.84 Å². The number of oxime groups is 1. The van der Waals surface area contributed by atoms with Gasteiger partial charge in [-0.2, -0.15) is 0 Å². The maximum atomic E-state index is 12.0. The number of aliphatic hydroxyl groups is 1. The van der Waals surface area contributed by atoms with Crippen LogP contribution in [0.25, 0.3) is 0 Å². The van der Waals surface area contributed by atoms with Gasteiger partial charge in [-0.15, -0.1) is 0 Å². The second-order valence-electron chi connectivity index (χ2n) is 11.2. The number of fused-ring (bicyclic) bond motifs is 5. The third kappa shape index (κ3) is 4.13. The van der Waals surface area contributed by atoms with Crippen LogP contribution >= 0.6 is 0 Å². The van der Waals surface area contributed by atoms with Crippen LogP contribution in [0.1, 0.15) is 70.9 Å². The summed E-state index contributed by atoms with van der Waals surface area (Å²) in [5.41, 5.74) is 3.84. The number of aromatic amines is 1. The summed E-state index contributed by atoms with van der Waals surface area (Å²) in [5, 5.41) is 17.8. The minimum atomic E-state index is -0.156. The molecule has 7 heteroatoms. The van der Waals surface area contributed by atoms with Crippen LogP contribution in [0.2, 0.25) is 0 Å². The molecule has 33 heavy (non-hydrogen) atoms. The predicted molar refractivity (Wildman–Crippen MR) is 126 cm³/mol. The van der Waals surface area contributed by atoms with E-state index in [0.29, 0.717) is 24.8 Å². The highest BCUT2D eigenvalue weighted by Gasteiger charge is 2.58. The van der Waals surface area contributed by atoms with Gasteiger partial charge < -0.3 is 20.2 Å². The van der Waals surface area contributed by atoms with Crippen molar-refractivity contribution in [3.8, 4) is 0 Å². The summed E-state index contributed by atoms with van der Waals surface area (Å²) >= 11 is 0. The van der Waals surface area contributed by atoms with Crippen LogP contribution in [0.5, 0.6) is 0 Å². The van der Waals surface area contributed by atoms with Crippen molar-refractivity contribution in [1.82, 2.24) is 15.3 Å². The molecule has 1 amide bonds. The van der Waals surface area contributed by atoms with Gasteiger partial charge in [0.25, 0.3) is 5.91 Å². The lowest BCUT2D eigenvalue weighted by Crippen LogP contribution is -2.51. The molecule has 0 saturated heterocycles. The van der Waals surface area contributed by atoms with E-state index in [1.165, 1.54) is 24.8 Å². The van der Waals surface area contributed by atoms with Gasteiger partial charge in [-0.05, 0) is 86.0 Å². The van der Waals surface area contributed by atoms with Gasteiger partial charge in [0.05, 0.1) is 18.1 Å². The average Bonchev–Trinajstić information content (AvgIpc) is 3.42. The predicted octanol–water partition coefficient (Wildman–Crippen LogP) is 3.76. The molecule has 7 nitrogen and oxygen atoms in total. The zero-order valence-electron chi connectivity index (χ0n) is 20.0. The van der Waals surface area contributed by atoms with E-state index in [0.717, 1.165) is 49.4 Å². The van der Waals surface area contributed by atoms with E-state index in [-0.39, 0.29) is 29.4 Å². The quantitative estimate of drug-likeness (QED) is 0.570. The number of amides is 1. The Balaban J connectivity index is 1.16. The van der Waals surface area contributed by atoms with Gasteiger partial charge in [-0.25, -0.2) is 4.98 Å². The Hall–Kier alpha value is -2.15. The molecule has 0 radical (unpaired) electrons. The average molecular weight is 455 g/mol. The van der Waals surface area contributed by atoms with Crippen molar-refractivity contribution in [3.05, 3.63) is 29.9 Å². The number of nitrogens with one attached hydrogen (secondary N) is 2. The third-order valence-electron chi connectivity index (χ3n) is 9.58. The van der Waals surface area contributed by atoms with E-state index in [9.17, 15) is 9.90 Å². The van der Waals surface area contributed by atoms with Crippen LogP contribution in [-0.4, -0.2) is 45.9 Å². The number of hydrogen-bond donors (Lipinski definition) is 3. The molecular formula is C26H38N4O3. The topological polar surface area (TPSA) is 99.6 Å². The van der Waals surface area contributed by atoms with E-state index >= 15 is 0 Å². The second kappa shape index (κ2) is 8.90. The minimum absolute atomic E-state index is 0.0554. The fourth-order valence-electron chi connectivity index (χ4n) is 7.60. The first-order valence-electron chi connectivity index (χ1n) is 12.7. The standard InChI is InChI=1S/C26H38N4O3/c1-25-10-7-18(30-33-15-24(32)28-12-9-19-14-27-16-29-19)13-17(25)3-4-20-21-5-6-23(31)26(21,2)11-8-22(20)25/h13-14,16,20-23,31H,3-12,15H2,1-2H3,(H,27,29)(H,28,32)/b30-18+/t20-,21-,22-,23+,25-,26-/m0/s1. The molecule has 0 spiro atoms. The Kier molecular flexibility index (Phi) is 6.10. The molecule has 3 fully saturated rings. The van der Waals surface area contributed by atoms with E-state index < -0.39 is 0 Å². The van der Waals surface area contributed by atoms with Gasteiger partial charge in [-0.1, -0.05) is 24.6 Å². The summed E-state index contributed by atoms with van der Waals surface area (Å²) in [6, 6.07) is 0. The maximum absolute atomic E-state index is 12.0. The Morgan fingerprint density at radius 3 is 2.94 bits per heavy atom. The zero-order valence-corrected chi connectivity index (χ0v) is 20.0. The molecule has 1 aromatic heterocycles. The van der Waals surface area contributed by atoms with E-state index in [2.05, 4.69) is 40.4 Å². The van der Waals surface area contributed by atoms with E-state index in [1.54, 1.807) is 12.5 Å². The molecule has 0 aliphatic heterocycles.